The van der Waals surface area contributed by atoms with Gasteiger partial charge in [-0.1, -0.05) is 0 Å². The Balaban J connectivity index is 1.67. The number of imidazole rings is 1. The zero-order valence-electron chi connectivity index (χ0n) is 15.4. The Bertz CT molecular complexity index is 939. The van der Waals surface area contributed by atoms with Crippen LogP contribution in [-0.2, 0) is 30.5 Å². The zero-order valence-corrected chi connectivity index (χ0v) is 15.4. The van der Waals surface area contributed by atoms with Crippen molar-refractivity contribution in [3.8, 4) is 0 Å². The van der Waals surface area contributed by atoms with Crippen LogP contribution in [0.5, 0.6) is 0 Å². The third-order valence-corrected chi connectivity index (χ3v) is 4.82. The molecular formula is C18H18F6N4O. The molecule has 0 bridgehead atoms. The van der Waals surface area contributed by atoms with Crippen LogP contribution in [0.4, 0.5) is 26.3 Å². The number of nitrogens with two attached hydrogens (primary N) is 1. The molecule has 0 radical (unpaired) electrons. The van der Waals surface area contributed by atoms with Crippen molar-refractivity contribution in [2.45, 2.75) is 45.1 Å². The lowest BCUT2D eigenvalue weighted by Crippen LogP contribution is -2.42. The van der Waals surface area contributed by atoms with Crippen molar-refractivity contribution in [3.63, 3.8) is 0 Å². The molecule has 1 aliphatic heterocycles. The van der Waals surface area contributed by atoms with E-state index in [4.69, 9.17) is 5.73 Å². The molecule has 0 spiro atoms. The molecule has 29 heavy (non-hydrogen) atoms. The molecule has 2 heterocycles. The molecule has 1 amide bonds. The van der Waals surface area contributed by atoms with E-state index in [-0.39, 0.29) is 49.4 Å². The number of aryl methyl sites for hydroxylation is 1. The highest BCUT2D eigenvalue weighted by molar-refractivity contribution is 5.77. The van der Waals surface area contributed by atoms with Gasteiger partial charge < -0.3 is 15.2 Å². The van der Waals surface area contributed by atoms with Crippen molar-refractivity contribution in [1.82, 2.24) is 14.5 Å². The van der Waals surface area contributed by atoms with Crippen LogP contribution in [0.15, 0.2) is 12.1 Å². The summed E-state index contributed by atoms with van der Waals surface area (Å²) in [7, 11) is 0. The summed E-state index contributed by atoms with van der Waals surface area (Å²) in [5.74, 6) is -4.94. The first-order valence-electron chi connectivity index (χ1n) is 8.77. The molecule has 2 aromatic rings. The predicted octanol–water partition coefficient (Wildman–Crippen LogP) is 2.93. The normalized spacial score (nSPS) is 15.4. The van der Waals surface area contributed by atoms with Gasteiger partial charge in [-0.2, -0.15) is 13.2 Å². The number of carbonyl (C=O) groups excluding carboxylic acids is 1. The van der Waals surface area contributed by atoms with E-state index in [1.165, 1.54) is 11.8 Å². The maximum Gasteiger partial charge on any atom is 0.449 e. The second-order valence-electron chi connectivity index (χ2n) is 6.96. The molecule has 5 nitrogen and oxygen atoms in total. The molecule has 158 valence electrons. The number of benzene rings is 1. The van der Waals surface area contributed by atoms with Crippen LogP contribution >= 0.6 is 0 Å². The molecular weight excluding hydrogens is 402 g/mol. The minimum absolute atomic E-state index is 0.0387. The van der Waals surface area contributed by atoms with Crippen molar-refractivity contribution in [2.75, 3.05) is 6.54 Å². The number of amides is 1. The second kappa shape index (κ2) is 7.69. The summed E-state index contributed by atoms with van der Waals surface area (Å²) >= 11 is 0. The van der Waals surface area contributed by atoms with Crippen LogP contribution in [0.3, 0.4) is 0 Å². The number of hydrogen-bond donors (Lipinski definition) is 1. The monoisotopic (exact) mass is 420 g/mol. The molecule has 0 saturated heterocycles. The minimum Gasteiger partial charge on any atom is -0.335 e. The maximum atomic E-state index is 13.7. The number of alkyl halides is 3. The van der Waals surface area contributed by atoms with Gasteiger partial charge in [0.1, 0.15) is 5.82 Å². The average molecular weight is 420 g/mol. The van der Waals surface area contributed by atoms with Crippen LogP contribution in [0.1, 0.15) is 29.2 Å². The number of carbonyl (C=O) groups is 1. The van der Waals surface area contributed by atoms with Gasteiger partial charge in [0.2, 0.25) is 11.7 Å². The van der Waals surface area contributed by atoms with Gasteiger partial charge in [-0.3, -0.25) is 4.79 Å². The zero-order chi connectivity index (χ0) is 21.5. The van der Waals surface area contributed by atoms with Crippen molar-refractivity contribution in [2.24, 2.45) is 5.73 Å². The van der Waals surface area contributed by atoms with Crippen LogP contribution < -0.4 is 5.73 Å². The summed E-state index contributed by atoms with van der Waals surface area (Å²) in [6.07, 6.45) is -5.01. The Hall–Kier alpha value is -2.56. The molecule has 2 N–H and O–H groups in total. The highest BCUT2D eigenvalue weighted by atomic mass is 19.4. The SMILES string of the molecule is Cc1nc(C(F)(F)F)n2c1CN(C(=O)C[C@H](N)Cc1cc(F)c(F)cc1F)CC2. The Kier molecular flexibility index (Phi) is 5.61. The van der Waals surface area contributed by atoms with Gasteiger partial charge in [0.25, 0.3) is 0 Å². The lowest BCUT2D eigenvalue weighted by atomic mass is 10.0. The van der Waals surface area contributed by atoms with Gasteiger partial charge in [-0.15, -0.1) is 0 Å². The maximum absolute atomic E-state index is 13.7. The smallest absolute Gasteiger partial charge is 0.335 e. The van der Waals surface area contributed by atoms with E-state index < -0.39 is 41.4 Å². The number of halogens is 6. The highest BCUT2D eigenvalue weighted by Gasteiger charge is 2.39. The summed E-state index contributed by atoms with van der Waals surface area (Å²) in [5.41, 5.74) is 6.17. The van der Waals surface area contributed by atoms with E-state index in [0.717, 1.165) is 4.57 Å². The van der Waals surface area contributed by atoms with Crippen molar-refractivity contribution < 1.29 is 31.1 Å². The van der Waals surface area contributed by atoms with E-state index in [0.29, 0.717) is 12.1 Å². The van der Waals surface area contributed by atoms with Gasteiger partial charge in [-0.05, 0) is 25.0 Å². The predicted molar refractivity (Wildman–Crippen MR) is 90.0 cm³/mol. The number of fused-ring (bicyclic) bond motifs is 1. The standard InChI is InChI=1S/C18H18F6N4O/c1-9-15-8-27(2-3-28(15)17(26-9)18(22,23)24)16(29)6-11(25)4-10-5-13(20)14(21)7-12(10)19/h5,7,11H,2-4,6,8,25H2,1H3/t11-/m1/s1. The molecule has 0 unspecified atom stereocenters. The highest BCUT2D eigenvalue weighted by Crippen LogP contribution is 2.32. The molecule has 11 heteroatoms. The molecule has 0 fully saturated rings. The van der Waals surface area contributed by atoms with E-state index in [1.807, 2.05) is 0 Å². The topological polar surface area (TPSA) is 64.2 Å². The minimum atomic E-state index is -4.59. The third-order valence-electron chi connectivity index (χ3n) is 4.82. The molecule has 1 aromatic carbocycles. The fourth-order valence-corrected chi connectivity index (χ4v) is 3.39. The number of nitrogens with zero attached hydrogens (tertiary/aromatic N) is 3. The van der Waals surface area contributed by atoms with E-state index in [2.05, 4.69) is 4.98 Å². The quantitative estimate of drug-likeness (QED) is 0.611. The first kappa shape index (κ1) is 21.2. The first-order valence-corrected chi connectivity index (χ1v) is 8.77. The molecule has 0 saturated carbocycles. The van der Waals surface area contributed by atoms with Crippen LogP contribution in [0.2, 0.25) is 0 Å². The van der Waals surface area contributed by atoms with E-state index in [1.54, 1.807) is 0 Å². The van der Waals surface area contributed by atoms with Gasteiger partial charge in [0.05, 0.1) is 17.9 Å². The number of rotatable bonds is 4. The molecule has 3 rings (SSSR count). The molecule has 1 aromatic heterocycles. The summed E-state index contributed by atoms with van der Waals surface area (Å²) in [4.78, 5) is 17.4. The fraction of sp³-hybridized carbons (Fsp3) is 0.444. The molecule has 1 atom stereocenters. The Morgan fingerprint density at radius 1 is 1.17 bits per heavy atom. The van der Waals surface area contributed by atoms with E-state index in [9.17, 15) is 31.1 Å². The fourth-order valence-electron chi connectivity index (χ4n) is 3.39. The van der Waals surface area contributed by atoms with Crippen LogP contribution in [0.25, 0.3) is 0 Å². The summed E-state index contributed by atoms with van der Waals surface area (Å²) in [6.45, 7) is 1.35. The van der Waals surface area contributed by atoms with Crippen molar-refractivity contribution in [1.29, 1.82) is 0 Å². The second-order valence-corrected chi connectivity index (χ2v) is 6.96. The molecule has 1 aliphatic rings. The van der Waals surface area contributed by atoms with Crippen LogP contribution in [0, 0.1) is 24.4 Å². The van der Waals surface area contributed by atoms with Crippen molar-refractivity contribution >= 4 is 5.91 Å². The lowest BCUT2D eigenvalue weighted by molar-refractivity contribution is -0.148. The summed E-state index contributed by atoms with van der Waals surface area (Å²) in [5, 5.41) is 0. The van der Waals surface area contributed by atoms with E-state index >= 15 is 0 Å². The lowest BCUT2D eigenvalue weighted by Gasteiger charge is -2.30. The van der Waals surface area contributed by atoms with Gasteiger partial charge in [0.15, 0.2) is 11.6 Å². The Morgan fingerprint density at radius 2 is 1.83 bits per heavy atom. The largest absolute Gasteiger partial charge is 0.449 e. The number of hydrogen-bond acceptors (Lipinski definition) is 3. The Labute approximate surface area is 162 Å². The molecule has 0 aliphatic carbocycles. The van der Waals surface area contributed by atoms with Crippen LogP contribution in [-0.4, -0.2) is 32.9 Å². The van der Waals surface area contributed by atoms with Gasteiger partial charge in [0, 0.05) is 31.6 Å². The number of aromatic nitrogens is 2. The Morgan fingerprint density at radius 3 is 2.48 bits per heavy atom. The summed E-state index contributed by atoms with van der Waals surface area (Å²) < 4.78 is 80.2. The van der Waals surface area contributed by atoms with Gasteiger partial charge >= 0.3 is 6.18 Å². The summed E-state index contributed by atoms with van der Waals surface area (Å²) in [6, 6.07) is 0.225. The van der Waals surface area contributed by atoms with Gasteiger partial charge in [-0.25, -0.2) is 18.2 Å². The van der Waals surface area contributed by atoms with Crippen molar-refractivity contribution in [3.05, 3.63) is 52.4 Å². The average Bonchev–Trinajstić information content (AvgIpc) is 2.96. The first-order chi connectivity index (χ1) is 13.5. The third kappa shape index (κ3) is 4.39.